The fourth-order valence-electron chi connectivity index (χ4n) is 2.65. The Bertz CT molecular complexity index is 679. The SMILES string of the molecule is CC(C(=O)N1CCOCC1)n1c(N)nc2ccc(Br)cc21. The molecule has 21 heavy (non-hydrogen) atoms. The summed E-state index contributed by atoms with van der Waals surface area (Å²) in [5.41, 5.74) is 7.66. The van der Waals surface area contributed by atoms with Crippen LogP contribution in [0.15, 0.2) is 22.7 Å². The van der Waals surface area contributed by atoms with Crippen LogP contribution in [0.5, 0.6) is 0 Å². The van der Waals surface area contributed by atoms with Gasteiger partial charge in [0.25, 0.3) is 0 Å². The van der Waals surface area contributed by atoms with E-state index < -0.39 is 0 Å². The third-order valence-electron chi connectivity index (χ3n) is 3.75. The summed E-state index contributed by atoms with van der Waals surface area (Å²) in [6.45, 7) is 4.28. The number of nitrogen functional groups attached to an aromatic ring is 1. The van der Waals surface area contributed by atoms with Gasteiger partial charge in [-0.1, -0.05) is 15.9 Å². The summed E-state index contributed by atoms with van der Waals surface area (Å²) in [5, 5.41) is 0. The Morgan fingerprint density at radius 1 is 1.43 bits per heavy atom. The molecule has 0 radical (unpaired) electrons. The van der Waals surface area contributed by atoms with Gasteiger partial charge in [-0.2, -0.15) is 0 Å². The number of aromatic nitrogens is 2. The van der Waals surface area contributed by atoms with Crippen molar-refractivity contribution in [2.45, 2.75) is 13.0 Å². The van der Waals surface area contributed by atoms with Crippen LogP contribution in [0.2, 0.25) is 0 Å². The number of morpholine rings is 1. The van der Waals surface area contributed by atoms with Crippen LogP contribution >= 0.6 is 15.9 Å². The minimum absolute atomic E-state index is 0.0456. The average molecular weight is 353 g/mol. The van der Waals surface area contributed by atoms with Gasteiger partial charge in [-0.3, -0.25) is 9.36 Å². The summed E-state index contributed by atoms with van der Waals surface area (Å²) < 4.78 is 8.01. The van der Waals surface area contributed by atoms with E-state index in [-0.39, 0.29) is 11.9 Å². The normalized spacial score (nSPS) is 17.1. The molecule has 2 N–H and O–H groups in total. The highest BCUT2D eigenvalue weighted by Gasteiger charge is 2.26. The quantitative estimate of drug-likeness (QED) is 0.894. The van der Waals surface area contributed by atoms with Crippen molar-refractivity contribution in [3.05, 3.63) is 22.7 Å². The topological polar surface area (TPSA) is 73.4 Å². The van der Waals surface area contributed by atoms with Crippen molar-refractivity contribution in [2.24, 2.45) is 0 Å². The van der Waals surface area contributed by atoms with Crippen molar-refractivity contribution in [3.8, 4) is 0 Å². The Balaban J connectivity index is 1.96. The molecule has 1 atom stereocenters. The smallest absolute Gasteiger partial charge is 0.245 e. The minimum Gasteiger partial charge on any atom is -0.378 e. The summed E-state index contributed by atoms with van der Waals surface area (Å²) in [6.07, 6.45) is 0. The van der Waals surface area contributed by atoms with Gasteiger partial charge < -0.3 is 15.4 Å². The Morgan fingerprint density at radius 2 is 2.14 bits per heavy atom. The van der Waals surface area contributed by atoms with Gasteiger partial charge in [-0.25, -0.2) is 4.98 Å². The molecule has 1 aromatic carbocycles. The number of anilines is 1. The Labute approximate surface area is 131 Å². The van der Waals surface area contributed by atoms with E-state index in [1.807, 2.05) is 30.0 Å². The van der Waals surface area contributed by atoms with E-state index in [0.29, 0.717) is 32.3 Å². The fraction of sp³-hybridized carbons (Fsp3) is 0.429. The first-order valence-corrected chi connectivity index (χ1v) is 7.66. The second-order valence-electron chi connectivity index (χ2n) is 5.09. The maximum Gasteiger partial charge on any atom is 0.245 e. The summed E-state index contributed by atoms with van der Waals surface area (Å²) in [6, 6.07) is 5.34. The number of nitrogens with two attached hydrogens (primary N) is 1. The molecule has 0 spiro atoms. The molecule has 1 saturated heterocycles. The zero-order valence-electron chi connectivity index (χ0n) is 11.8. The molecule has 0 bridgehead atoms. The largest absolute Gasteiger partial charge is 0.378 e. The summed E-state index contributed by atoms with van der Waals surface area (Å²) in [5.74, 6) is 0.404. The molecule has 0 aliphatic carbocycles. The van der Waals surface area contributed by atoms with Gasteiger partial charge in [0.1, 0.15) is 6.04 Å². The van der Waals surface area contributed by atoms with Crippen LogP contribution in [-0.4, -0.2) is 46.7 Å². The van der Waals surface area contributed by atoms with Crippen LogP contribution in [0, 0.1) is 0 Å². The lowest BCUT2D eigenvalue weighted by Gasteiger charge is -2.30. The van der Waals surface area contributed by atoms with E-state index in [0.717, 1.165) is 15.5 Å². The first-order valence-electron chi connectivity index (χ1n) is 6.87. The highest BCUT2D eigenvalue weighted by atomic mass is 79.9. The predicted molar refractivity (Wildman–Crippen MR) is 84.0 cm³/mol. The molecule has 1 amide bonds. The number of halogens is 1. The number of imidazole rings is 1. The number of hydrogen-bond donors (Lipinski definition) is 1. The molecule has 1 aromatic heterocycles. The molecular formula is C14H17BrN4O2. The molecule has 2 aromatic rings. The molecule has 6 nitrogen and oxygen atoms in total. The van der Waals surface area contributed by atoms with Crippen LogP contribution < -0.4 is 5.73 Å². The number of amides is 1. The zero-order valence-corrected chi connectivity index (χ0v) is 13.3. The van der Waals surface area contributed by atoms with Crippen molar-refractivity contribution in [1.29, 1.82) is 0 Å². The highest BCUT2D eigenvalue weighted by molar-refractivity contribution is 9.10. The number of carbonyl (C=O) groups excluding carboxylic acids is 1. The van der Waals surface area contributed by atoms with Crippen LogP contribution in [0.25, 0.3) is 11.0 Å². The number of rotatable bonds is 2. The van der Waals surface area contributed by atoms with E-state index in [1.54, 1.807) is 4.57 Å². The van der Waals surface area contributed by atoms with Crippen LogP contribution in [0.4, 0.5) is 5.95 Å². The highest BCUT2D eigenvalue weighted by Crippen LogP contribution is 2.26. The van der Waals surface area contributed by atoms with Crippen LogP contribution in [-0.2, 0) is 9.53 Å². The summed E-state index contributed by atoms with van der Waals surface area (Å²) in [4.78, 5) is 18.8. The standard InChI is InChI=1S/C14H17BrN4O2/c1-9(13(20)18-4-6-21-7-5-18)19-12-8-10(15)2-3-11(12)17-14(19)16/h2-3,8-9H,4-7H2,1H3,(H2,16,17). The number of nitrogens with zero attached hydrogens (tertiary/aromatic N) is 3. The molecule has 7 heteroatoms. The van der Waals surface area contributed by atoms with E-state index >= 15 is 0 Å². The lowest BCUT2D eigenvalue weighted by molar-refractivity contribution is -0.138. The number of carbonyl (C=O) groups is 1. The maximum atomic E-state index is 12.6. The van der Waals surface area contributed by atoms with Crippen molar-refractivity contribution < 1.29 is 9.53 Å². The van der Waals surface area contributed by atoms with Crippen molar-refractivity contribution >= 4 is 38.8 Å². The maximum absolute atomic E-state index is 12.6. The number of fused-ring (bicyclic) bond motifs is 1. The lowest BCUT2D eigenvalue weighted by atomic mass is 10.2. The molecule has 0 saturated carbocycles. The van der Waals surface area contributed by atoms with Gasteiger partial charge >= 0.3 is 0 Å². The van der Waals surface area contributed by atoms with Gasteiger partial charge in [-0.15, -0.1) is 0 Å². The van der Waals surface area contributed by atoms with Gasteiger partial charge in [0.2, 0.25) is 11.9 Å². The Morgan fingerprint density at radius 3 is 2.86 bits per heavy atom. The average Bonchev–Trinajstić information content (AvgIpc) is 2.82. The van der Waals surface area contributed by atoms with E-state index in [2.05, 4.69) is 20.9 Å². The summed E-state index contributed by atoms with van der Waals surface area (Å²) >= 11 is 3.44. The van der Waals surface area contributed by atoms with Crippen molar-refractivity contribution in [3.63, 3.8) is 0 Å². The zero-order chi connectivity index (χ0) is 15.0. The van der Waals surface area contributed by atoms with Crippen molar-refractivity contribution in [2.75, 3.05) is 32.0 Å². The second kappa shape index (κ2) is 5.65. The van der Waals surface area contributed by atoms with E-state index in [1.165, 1.54) is 0 Å². The molecule has 1 aliphatic rings. The van der Waals surface area contributed by atoms with Gasteiger partial charge in [0.05, 0.1) is 24.2 Å². The van der Waals surface area contributed by atoms with E-state index in [9.17, 15) is 4.79 Å². The predicted octanol–water partition coefficient (Wildman–Crippen LogP) is 1.80. The Hall–Kier alpha value is -1.60. The third kappa shape index (κ3) is 2.63. The van der Waals surface area contributed by atoms with Crippen LogP contribution in [0.1, 0.15) is 13.0 Å². The molecule has 1 aliphatic heterocycles. The third-order valence-corrected chi connectivity index (χ3v) is 4.24. The Kier molecular flexibility index (Phi) is 3.86. The number of benzene rings is 1. The van der Waals surface area contributed by atoms with Gasteiger partial charge in [-0.05, 0) is 25.1 Å². The molecule has 1 fully saturated rings. The van der Waals surface area contributed by atoms with E-state index in [4.69, 9.17) is 10.5 Å². The van der Waals surface area contributed by atoms with Gasteiger partial charge in [0.15, 0.2) is 0 Å². The van der Waals surface area contributed by atoms with Gasteiger partial charge in [0, 0.05) is 17.6 Å². The molecule has 1 unspecified atom stereocenters. The monoisotopic (exact) mass is 352 g/mol. The molecular weight excluding hydrogens is 336 g/mol. The van der Waals surface area contributed by atoms with Crippen molar-refractivity contribution in [1.82, 2.24) is 14.5 Å². The minimum atomic E-state index is -0.387. The fourth-order valence-corrected chi connectivity index (χ4v) is 3.00. The molecule has 2 heterocycles. The lowest BCUT2D eigenvalue weighted by Crippen LogP contribution is -2.43. The molecule has 112 valence electrons. The first kappa shape index (κ1) is 14.3. The molecule has 3 rings (SSSR count). The number of hydrogen-bond acceptors (Lipinski definition) is 4. The number of ether oxygens (including phenoxy) is 1. The second-order valence-corrected chi connectivity index (χ2v) is 6.00. The van der Waals surface area contributed by atoms with Crippen LogP contribution in [0.3, 0.4) is 0 Å². The summed E-state index contributed by atoms with van der Waals surface area (Å²) in [7, 11) is 0. The first-order chi connectivity index (χ1) is 10.1.